The number of nitrogens with zero attached hydrogens (tertiary/aromatic N) is 2. The van der Waals surface area contributed by atoms with E-state index in [1.54, 1.807) is 0 Å². The molecule has 0 fully saturated rings. The van der Waals surface area contributed by atoms with Crippen LogP contribution in [-0.2, 0) is 13.1 Å². The van der Waals surface area contributed by atoms with Gasteiger partial charge in [-0.25, -0.2) is 0 Å². The third-order valence-corrected chi connectivity index (χ3v) is 2.43. The summed E-state index contributed by atoms with van der Waals surface area (Å²) in [6, 6.07) is 8.22. The van der Waals surface area contributed by atoms with Crippen molar-refractivity contribution in [3.8, 4) is 0 Å². The molecule has 3 heteroatoms. The molecule has 2 heterocycles. The largest absolute Gasteiger partial charge is 0.353 e. The lowest BCUT2D eigenvalue weighted by Gasteiger charge is -2.06. The fourth-order valence-corrected chi connectivity index (χ4v) is 1.58. The molecule has 0 saturated heterocycles. The van der Waals surface area contributed by atoms with E-state index in [4.69, 9.17) is 0 Å². The fraction of sp³-hybridized carbons (Fsp3) is 0.333. The molecule has 0 bridgehead atoms. The summed E-state index contributed by atoms with van der Waals surface area (Å²) in [6.45, 7) is 4.13. The third-order valence-electron chi connectivity index (χ3n) is 2.43. The van der Waals surface area contributed by atoms with Gasteiger partial charge in [0.05, 0.1) is 0 Å². The van der Waals surface area contributed by atoms with Crippen LogP contribution in [0.3, 0.4) is 0 Å². The predicted octanol–water partition coefficient (Wildman–Crippen LogP) is 1.58. The molecule has 0 aliphatic carbocycles. The average molecular weight is 203 g/mol. The van der Waals surface area contributed by atoms with Crippen molar-refractivity contribution in [2.24, 2.45) is 0 Å². The van der Waals surface area contributed by atoms with Crippen molar-refractivity contribution in [2.45, 2.75) is 13.1 Å². The van der Waals surface area contributed by atoms with Crippen LogP contribution < -0.4 is 5.32 Å². The highest BCUT2D eigenvalue weighted by molar-refractivity contribution is 4.91. The molecule has 15 heavy (non-hydrogen) atoms. The van der Waals surface area contributed by atoms with E-state index >= 15 is 0 Å². The second-order valence-corrected chi connectivity index (χ2v) is 3.59. The van der Waals surface area contributed by atoms with Crippen LogP contribution in [0.5, 0.6) is 0 Å². The number of rotatable bonds is 6. The quantitative estimate of drug-likeness (QED) is 0.707. The Morgan fingerprint density at radius 3 is 1.47 bits per heavy atom. The second kappa shape index (κ2) is 5.41. The first-order valence-corrected chi connectivity index (χ1v) is 5.37. The normalized spacial score (nSPS) is 10.7. The van der Waals surface area contributed by atoms with Gasteiger partial charge >= 0.3 is 0 Å². The van der Waals surface area contributed by atoms with Crippen LogP contribution in [0.15, 0.2) is 49.1 Å². The van der Waals surface area contributed by atoms with Crippen LogP contribution in [-0.4, -0.2) is 22.2 Å². The number of hydrogen-bond donors (Lipinski definition) is 1. The molecule has 0 saturated carbocycles. The summed E-state index contributed by atoms with van der Waals surface area (Å²) >= 11 is 0. The van der Waals surface area contributed by atoms with Gasteiger partial charge in [0.25, 0.3) is 0 Å². The first-order chi connectivity index (χ1) is 7.45. The average Bonchev–Trinajstić information content (AvgIpc) is 2.88. The number of aromatic nitrogens is 2. The van der Waals surface area contributed by atoms with Crippen LogP contribution in [0.2, 0.25) is 0 Å². The Morgan fingerprint density at radius 1 is 0.667 bits per heavy atom. The van der Waals surface area contributed by atoms with Crippen LogP contribution in [0.25, 0.3) is 0 Å². The Morgan fingerprint density at radius 2 is 1.07 bits per heavy atom. The molecular formula is C12H17N3. The lowest BCUT2D eigenvalue weighted by Crippen LogP contribution is -2.23. The van der Waals surface area contributed by atoms with E-state index in [1.807, 2.05) is 0 Å². The summed E-state index contributed by atoms with van der Waals surface area (Å²) in [5.74, 6) is 0. The molecular weight excluding hydrogens is 186 g/mol. The van der Waals surface area contributed by atoms with E-state index in [1.165, 1.54) is 0 Å². The molecule has 0 atom stereocenters. The zero-order valence-electron chi connectivity index (χ0n) is 8.84. The topological polar surface area (TPSA) is 21.9 Å². The molecule has 0 aromatic carbocycles. The van der Waals surface area contributed by atoms with Crippen LogP contribution in [0.4, 0.5) is 0 Å². The maximum absolute atomic E-state index is 3.42. The highest BCUT2D eigenvalue weighted by Gasteiger charge is 1.90. The minimum Gasteiger partial charge on any atom is -0.353 e. The van der Waals surface area contributed by atoms with Gasteiger partial charge in [-0.15, -0.1) is 0 Å². The molecule has 0 radical (unpaired) electrons. The lowest BCUT2D eigenvalue weighted by molar-refractivity contribution is 0.559. The molecule has 0 aliphatic heterocycles. The van der Waals surface area contributed by atoms with Crippen molar-refractivity contribution in [2.75, 3.05) is 13.1 Å². The van der Waals surface area contributed by atoms with Gasteiger partial charge < -0.3 is 14.5 Å². The first kappa shape index (κ1) is 10.1. The van der Waals surface area contributed by atoms with Crippen molar-refractivity contribution < 1.29 is 0 Å². The molecule has 2 rings (SSSR count). The van der Waals surface area contributed by atoms with Gasteiger partial charge in [0, 0.05) is 51.0 Å². The molecule has 0 unspecified atom stereocenters. The lowest BCUT2D eigenvalue weighted by atomic mass is 10.5. The Balaban J connectivity index is 1.56. The molecule has 0 spiro atoms. The van der Waals surface area contributed by atoms with Gasteiger partial charge in [-0.05, 0) is 24.3 Å². The summed E-state index contributed by atoms with van der Waals surface area (Å²) < 4.78 is 4.37. The predicted molar refractivity (Wildman–Crippen MR) is 61.7 cm³/mol. The van der Waals surface area contributed by atoms with Gasteiger partial charge in [0.1, 0.15) is 0 Å². The minimum atomic E-state index is 1.02. The summed E-state index contributed by atoms with van der Waals surface area (Å²) in [7, 11) is 0. The second-order valence-electron chi connectivity index (χ2n) is 3.59. The summed E-state index contributed by atoms with van der Waals surface area (Å²) in [5, 5.41) is 3.42. The number of hydrogen-bond acceptors (Lipinski definition) is 1. The van der Waals surface area contributed by atoms with E-state index in [0.29, 0.717) is 0 Å². The van der Waals surface area contributed by atoms with E-state index in [0.717, 1.165) is 26.2 Å². The van der Waals surface area contributed by atoms with Crippen molar-refractivity contribution in [1.29, 1.82) is 0 Å². The standard InChI is InChI=1S/C12H17N3/c1-2-8-14(7-1)11-5-13-6-12-15-9-3-4-10-15/h1-4,7-10,13H,5-6,11-12H2. The Hall–Kier alpha value is -1.48. The molecule has 2 aromatic heterocycles. The van der Waals surface area contributed by atoms with Gasteiger partial charge in [-0.2, -0.15) is 0 Å². The maximum Gasteiger partial charge on any atom is 0.0344 e. The Labute approximate surface area is 90.3 Å². The zero-order chi connectivity index (χ0) is 10.3. The van der Waals surface area contributed by atoms with Gasteiger partial charge in [0.15, 0.2) is 0 Å². The smallest absolute Gasteiger partial charge is 0.0344 e. The van der Waals surface area contributed by atoms with Gasteiger partial charge in [0.2, 0.25) is 0 Å². The fourth-order valence-electron chi connectivity index (χ4n) is 1.58. The molecule has 1 N–H and O–H groups in total. The van der Waals surface area contributed by atoms with Gasteiger partial charge in [-0.1, -0.05) is 0 Å². The van der Waals surface area contributed by atoms with E-state index in [9.17, 15) is 0 Å². The summed E-state index contributed by atoms with van der Waals surface area (Å²) in [4.78, 5) is 0. The van der Waals surface area contributed by atoms with Crippen molar-refractivity contribution in [1.82, 2.24) is 14.5 Å². The maximum atomic E-state index is 3.42. The van der Waals surface area contributed by atoms with Crippen molar-refractivity contribution >= 4 is 0 Å². The van der Waals surface area contributed by atoms with Crippen molar-refractivity contribution in [3.63, 3.8) is 0 Å². The molecule has 2 aromatic rings. The summed E-state index contributed by atoms with van der Waals surface area (Å²) in [6.07, 6.45) is 8.36. The van der Waals surface area contributed by atoms with Crippen molar-refractivity contribution in [3.05, 3.63) is 49.1 Å². The Bertz CT molecular complexity index is 312. The Kier molecular flexibility index (Phi) is 3.63. The molecule has 80 valence electrons. The SMILES string of the molecule is c1ccn(CCNCCn2cccc2)c1. The highest BCUT2D eigenvalue weighted by Crippen LogP contribution is 1.89. The van der Waals surface area contributed by atoms with Gasteiger partial charge in [-0.3, -0.25) is 0 Å². The van der Waals surface area contributed by atoms with E-state index in [2.05, 4.69) is 63.5 Å². The first-order valence-electron chi connectivity index (χ1n) is 5.37. The third kappa shape index (κ3) is 3.29. The molecule has 0 amide bonds. The van der Waals surface area contributed by atoms with E-state index < -0.39 is 0 Å². The van der Waals surface area contributed by atoms with E-state index in [-0.39, 0.29) is 0 Å². The van der Waals surface area contributed by atoms with Crippen LogP contribution >= 0.6 is 0 Å². The zero-order valence-corrected chi connectivity index (χ0v) is 8.84. The van der Waals surface area contributed by atoms with Crippen LogP contribution in [0, 0.1) is 0 Å². The van der Waals surface area contributed by atoms with Crippen LogP contribution in [0.1, 0.15) is 0 Å². The molecule has 3 nitrogen and oxygen atoms in total. The summed E-state index contributed by atoms with van der Waals surface area (Å²) in [5.41, 5.74) is 0. The minimum absolute atomic E-state index is 1.02. The number of nitrogens with one attached hydrogen (secondary N) is 1. The monoisotopic (exact) mass is 203 g/mol. The molecule has 0 aliphatic rings. The highest BCUT2D eigenvalue weighted by atomic mass is 15.0.